The molecular weight excluding hydrogens is 256 g/mol. The van der Waals surface area contributed by atoms with Crippen molar-refractivity contribution in [3.63, 3.8) is 0 Å². The van der Waals surface area contributed by atoms with Gasteiger partial charge in [0.05, 0.1) is 0 Å². The van der Waals surface area contributed by atoms with Crippen LogP contribution in [0.5, 0.6) is 0 Å². The molecule has 106 valence electrons. The van der Waals surface area contributed by atoms with Gasteiger partial charge in [0.2, 0.25) is 0 Å². The third-order valence-electron chi connectivity index (χ3n) is 3.15. The molecule has 0 aliphatic heterocycles. The number of carbonyl (C=O) groups excluding carboxylic acids is 1. The van der Waals surface area contributed by atoms with Gasteiger partial charge >= 0.3 is 12.0 Å². The van der Waals surface area contributed by atoms with Crippen molar-refractivity contribution in [2.75, 3.05) is 18.0 Å². The number of rotatable bonds is 6. The van der Waals surface area contributed by atoms with Crippen molar-refractivity contribution in [2.45, 2.75) is 18.9 Å². The maximum absolute atomic E-state index is 12.6. The molecule has 5 nitrogen and oxygen atoms in total. The number of nitrogens with zero attached hydrogens (tertiary/aromatic N) is 2. The Kier molecular flexibility index (Phi) is 4.40. The Labute approximate surface area is 118 Å². The number of hydrogen-bond donors (Lipinski definition) is 1. The van der Waals surface area contributed by atoms with Crippen molar-refractivity contribution in [1.29, 1.82) is 0 Å². The number of amides is 2. The fraction of sp³-hybridized carbons (Fsp3) is 0.333. The topological polar surface area (TPSA) is 60.9 Å². The fourth-order valence-corrected chi connectivity index (χ4v) is 2.08. The Morgan fingerprint density at radius 1 is 1.30 bits per heavy atom. The van der Waals surface area contributed by atoms with E-state index in [0.29, 0.717) is 12.2 Å². The van der Waals surface area contributed by atoms with Crippen LogP contribution >= 0.6 is 0 Å². The molecule has 0 bridgehead atoms. The third-order valence-corrected chi connectivity index (χ3v) is 3.15. The van der Waals surface area contributed by atoms with Crippen LogP contribution in [0.25, 0.3) is 0 Å². The molecule has 1 aliphatic rings. The fourth-order valence-electron chi connectivity index (χ4n) is 2.08. The lowest BCUT2D eigenvalue weighted by molar-refractivity contribution is -0.135. The summed E-state index contributed by atoms with van der Waals surface area (Å²) < 4.78 is 0. The van der Waals surface area contributed by atoms with Gasteiger partial charge in [-0.25, -0.2) is 4.79 Å². The van der Waals surface area contributed by atoms with Gasteiger partial charge < -0.3 is 10.0 Å². The average Bonchev–Trinajstić information content (AvgIpc) is 3.27. The molecule has 1 aliphatic carbocycles. The Bertz CT molecular complexity index is 497. The van der Waals surface area contributed by atoms with E-state index in [9.17, 15) is 9.59 Å². The maximum Gasteiger partial charge on any atom is 0.325 e. The molecular formula is C15H18N2O3. The van der Waals surface area contributed by atoms with Crippen LogP contribution in [-0.2, 0) is 4.79 Å². The molecule has 0 unspecified atom stereocenters. The summed E-state index contributed by atoms with van der Waals surface area (Å²) in [7, 11) is 0. The van der Waals surface area contributed by atoms with E-state index < -0.39 is 5.97 Å². The molecule has 0 radical (unpaired) electrons. The predicted octanol–water partition coefficient (Wildman–Crippen LogP) is 2.35. The number of urea groups is 1. The minimum Gasteiger partial charge on any atom is -0.480 e. The van der Waals surface area contributed by atoms with Crippen LogP contribution in [0.15, 0.2) is 43.0 Å². The van der Waals surface area contributed by atoms with Crippen molar-refractivity contribution in [1.82, 2.24) is 4.90 Å². The Morgan fingerprint density at radius 2 is 1.95 bits per heavy atom. The van der Waals surface area contributed by atoms with Gasteiger partial charge in [-0.1, -0.05) is 24.3 Å². The molecule has 5 heteroatoms. The second-order valence-corrected chi connectivity index (χ2v) is 4.77. The molecule has 0 heterocycles. The molecule has 1 saturated carbocycles. The molecule has 0 saturated heterocycles. The van der Waals surface area contributed by atoms with Crippen molar-refractivity contribution in [2.24, 2.45) is 0 Å². The van der Waals surface area contributed by atoms with E-state index in [0.717, 1.165) is 12.8 Å². The third kappa shape index (κ3) is 3.38. The summed E-state index contributed by atoms with van der Waals surface area (Å²) in [4.78, 5) is 26.6. The molecule has 1 aromatic rings. The van der Waals surface area contributed by atoms with Gasteiger partial charge in [-0.3, -0.25) is 9.69 Å². The van der Waals surface area contributed by atoms with Gasteiger partial charge in [0, 0.05) is 18.3 Å². The lowest BCUT2D eigenvalue weighted by Gasteiger charge is -2.29. The Balaban J connectivity index is 2.23. The largest absolute Gasteiger partial charge is 0.480 e. The minimum absolute atomic E-state index is 0.209. The second kappa shape index (κ2) is 6.23. The van der Waals surface area contributed by atoms with Crippen molar-refractivity contribution < 1.29 is 14.7 Å². The summed E-state index contributed by atoms with van der Waals surface area (Å²) in [6, 6.07) is 8.80. The summed E-state index contributed by atoms with van der Waals surface area (Å²) in [5, 5.41) is 9.03. The zero-order valence-corrected chi connectivity index (χ0v) is 11.2. The quantitative estimate of drug-likeness (QED) is 0.810. The lowest BCUT2D eigenvalue weighted by Crippen LogP contribution is -2.46. The molecule has 2 rings (SSSR count). The van der Waals surface area contributed by atoms with Gasteiger partial charge in [0.1, 0.15) is 6.54 Å². The molecule has 0 atom stereocenters. The predicted molar refractivity (Wildman–Crippen MR) is 76.7 cm³/mol. The van der Waals surface area contributed by atoms with E-state index in [2.05, 4.69) is 6.58 Å². The van der Waals surface area contributed by atoms with Crippen molar-refractivity contribution in [3.8, 4) is 0 Å². The second-order valence-electron chi connectivity index (χ2n) is 4.77. The smallest absolute Gasteiger partial charge is 0.325 e. The molecule has 2 amide bonds. The van der Waals surface area contributed by atoms with E-state index in [1.54, 1.807) is 35.2 Å². The number of carboxylic acid groups (broad SMARTS) is 1. The van der Waals surface area contributed by atoms with Crippen molar-refractivity contribution in [3.05, 3.63) is 43.0 Å². The van der Waals surface area contributed by atoms with E-state index in [4.69, 9.17) is 5.11 Å². The van der Waals surface area contributed by atoms with Crippen LogP contribution in [0.2, 0.25) is 0 Å². The van der Waals surface area contributed by atoms with Gasteiger partial charge in [0.15, 0.2) is 0 Å². The number of aliphatic carboxylic acids is 1. The monoisotopic (exact) mass is 274 g/mol. The zero-order valence-electron chi connectivity index (χ0n) is 11.2. The first-order valence-electron chi connectivity index (χ1n) is 6.59. The molecule has 1 aromatic carbocycles. The average molecular weight is 274 g/mol. The highest BCUT2D eigenvalue weighted by Gasteiger charge is 2.35. The van der Waals surface area contributed by atoms with Gasteiger partial charge in [-0.05, 0) is 25.0 Å². The highest BCUT2D eigenvalue weighted by molar-refractivity contribution is 5.96. The summed E-state index contributed by atoms with van der Waals surface area (Å²) in [5.74, 6) is -1.03. The first-order chi connectivity index (χ1) is 9.63. The first kappa shape index (κ1) is 14.1. The van der Waals surface area contributed by atoms with E-state index in [1.165, 1.54) is 4.90 Å². The summed E-state index contributed by atoms with van der Waals surface area (Å²) in [6.07, 6.45) is 3.60. The van der Waals surface area contributed by atoms with Crippen molar-refractivity contribution >= 4 is 17.7 Å². The summed E-state index contributed by atoms with van der Waals surface area (Å²) >= 11 is 0. The molecule has 20 heavy (non-hydrogen) atoms. The van der Waals surface area contributed by atoms with Gasteiger partial charge in [-0.2, -0.15) is 0 Å². The maximum atomic E-state index is 12.6. The SMILES string of the molecule is C=CCN(C(=O)N(CC(=O)O)c1ccccc1)C1CC1. The highest BCUT2D eigenvalue weighted by atomic mass is 16.4. The Morgan fingerprint density at radius 3 is 2.45 bits per heavy atom. The van der Waals surface area contributed by atoms with Gasteiger partial charge in [-0.15, -0.1) is 6.58 Å². The van der Waals surface area contributed by atoms with Crippen LogP contribution in [0, 0.1) is 0 Å². The molecule has 0 spiro atoms. The number of benzene rings is 1. The number of carbonyl (C=O) groups is 2. The number of hydrogen-bond acceptors (Lipinski definition) is 2. The Hall–Kier alpha value is -2.30. The highest BCUT2D eigenvalue weighted by Crippen LogP contribution is 2.28. The van der Waals surface area contributed by atoms with Crippen LogP contribution in [0.3, 0.4) is 0 Å². The standard InChI is InChI=1S/C15H18N2O3/c1-2-10-16(13-8-9-13)15(20)17(11-14(18)19)12-6-4-3-5-7-12/h2-7,13H,1,8-11H2,(H,18,19). The number of carboxylic acids is 1. The van der Waals surface area contributed by atoms with E-state index in [-0.39, 0.29) is 18.6 Å². The molecule has 1 N–H and O–H groups in total. The van der Waals surface area contributed by atoms with E-state index >= 15 is 0 Å². The molecule has 1 fully saturated rings. The zero-order chi connectivity index (χ0) is 14.5. The summed E-state index contributed by atoms with van der Waals surface area (Å²) in [6.45, 7) is 3.75. The molecule has 0 aromatic heterocycles. The minimum atomic E-state index is -1.03. The van der Waals surface area contributed by atoms with E-state index in [1.807, 2.05) is 6.07 Å². The van der Waals surface area contributed by atoms with Gasteiger partial charge in [0.25, 0.3) is 0 Å². The normalized spacial score (nSPS) is 13.6. The summed E-state index contributed by atoms with van der Waals surface area (Å²) in [5.41, 5.74) is 0.592. The van der Waals surface area contributed by atoms with Crippen LogP contribution in [0.4, 0.5) is 10.5 Å². The number of para-hydroxylation sites is 1. The first-order valence-corrected chi connectivity index (χ1v) is 6.59. The van der Waals surface area contributed by atoms with Crippen LogP contribution in [-0.4, -0.2) is 41.1 Å². The van der Waals surface area contributed by atoms with Crippen LogP contribution < -0.4 is 4.90 Å². The lowest BCUT2D eigenvalue weighted by atomic mass is 10.3. The van der Waals surface area contributed by atoms with Crippen LogP contribution in [0.1, 0.15) is 12.8 Å². The number of anilines is 1.